The second kappa shape index (κ2) is 5.21. The van der Waals surface area contributed by atoms with Crippen LogP contribution in [0.5, 0.6) is 0 Å². The summed E-state index contributed by atoms with van der Waals surface area (Å²) < 4.78 is 5.30. The fraction of sp³-hybridized carbons (Fsp3) is 0.500. The molecule has 2 atom stereocenters. The number of nitrogens with zero attached hydrogens (tertiary/aromatic N) is 1. The van der Waals surface area contributed by atoms with Crippen molar-refractivity contribution in [2.24, 2.45) is 5.92 Å². The average molecular weight is 233 g/mol. The monoisotopic (exact) mass is 233 g/mol. The highest BCUT2D eigenvalue weighted by molar-refractivity contribution is 5.79. The zero-order chi connectivity index (χ0) is 12.3. The van der Waals surface area contributed by atoms with Crippen molar-refractivity contribution in [1.82, 2.24) is 4.90 Å². The van der Waals surface area contributed by atoms with Gasteiger partial charge in [0.15, 0.2) is 0 Å². The SMILES string of the molecule is C=CC1CC(=O)N(C(C)CCc2ccco2)C1. The Kier molecular flexibility index (Phi) is 3.67. The fourth-order valence-corrected chi connectivity index (χ4v) is 2.31. The first-order valence-electron chi connectivity index (χ1n) is 6.15. The van der Waals surface area contributed by atoms with E-state index in [0.717, 1.165) is 25.1 Å². The Balaban J connectivity index is 1.85. The maximum Gasteiger partial charge on any atom is 0.223 e. The van der Waals surface area contributed by atoms with E-state index in [4.69, 9.17) is 4.42 Å². The number of hydrogen-bond acceptors (Lipinski definition) is 2. The van der Waals surface area contributed by atoms with E-state index in [9.17, 15) is 4.79 Å². The molecule has 0 spiro atoms. The van der Waals surface area contributed by atoms with Crippen LogP contribution in [0.1, 0.15) is 25.5 Å². The third kappa shape index (κ3) is 2.78. The summed E-state index contributed by atoms with van der Waals surface area (Å²) in [5.41, 5.74) is 0. The molecule has 0 N–H and O–H groups in total. The quantitative estimate of drug-likeness (QED) is 0.732. The van der Waals surface area contributed by atoms with Gasteiger partial charge in [0.2, 0.25) is 5.91 Å². The normalized spacial score (nSPS) is 21.8. The van der Waals surface area contributed by atoms with E-state index in [1.807, 2.05) is 23.1 Å². The van der Waals surface area contributed by atoms with Crippen LogP contribution >= 0.6 is 0 Å². The van der Waals surface area contributed by atoms with E-state index in [0.29, 0.717) is 12.3 Å². The van der Waals surface area contributed by atoms with E-state index in [2.05, 4.69) is 13.5 Å². The first-order valence-corrected chi connectivity index (χ1v) is 6.15. The molecule has 17 heavy (non-hydrogen) atoms. The minimum Gasteiger partial charge on any atom is -0.469 e. The second-order valence-corrected chi connectivity index (χ2v) is 4.71. The summed E-state index contributed by atoms with van der Waals surface area (Å²) in [6.07, 6.45) is 6.03. The van der Waals surface area contributed by atoms with Crippen LogP contribution in [0.4, 0.5) is 0 Å². The molecule has 2 unspecified atom stereocenters. The Bertz CT molecular complexity index is 383. The summed E-state index contributed by atoms with van der Waals surface area (Å²) in [5, 5.41) is 0. The number of hydrogen-bond donors (Lipinski definition) is 0. The Hall–Kier alpha value is -1.51. The van der Waals surface area contributed by atoms with E-state index in [-0.39, 0.29) is 11.9 Å². The zero-order valence-electron chi connectivity index (χ0n) is 10.3. The van der Waals surface area contributed by atoms with Gasteiger partial charge in [-0.05, 0) is 25.5 Å². The number of carbonyl (C=O) groups is 1. The van der Waals surface area contributed by atoms with Crippen LogP contribution in [0.2, 0.25) is 0 Å². The first-order chi connectivity index (χ1) is 8.20. The van der Waals surface area contributed by atoms with Gasteiger partial charge >= 0.3 is 0 Å². The van der Waals surface area contributed by atoms with Crippen molar-refractivity contribution in [2.75, 3.05) is 6.54 Å². The minimum absolute atomic E-state index is 0.252. The van der Waals surface area contributed by atoms with Gasteiger partial charge in [-0.2, -0.15) is 0 Å². The zero-order valence-corrected chi connectivity index (χ0v) is 10.3. The van der Waals surface area contributed by atoms with Gasteiger partial charge in [0.05, 0.1) is 6.26 Å². The van der Waals surface area contributed by atoms with Crippen LogP contribution in [-0.2, 0) is 11.2 Å². The van der Waals surface area contributed by atoms with Gasteiger partial charge in [-0.25, -0.2) is 0 Å². The van der Waals surface area contributed by atoms with Gasteiger partial charge in [-0.15, -0.1) is 6.58 Å². The lowest BCUT2D eigenvalue weighted by Gasteiger charge is -2.24. The molecule has 0 bridgehead atoms. The smallest absolute Gasteiger partial charge is 0.223 e. The van der Waals surface area contributed by atoms with Crippen LogP contribution < -0.4 is 0 Å². The number of furan rings is 1. The third-order valence-electron chi connectivity index (χ3n) is 3.44. The van der Waals surface area contributed by atoms with Gasteiger partial charge in [0.1, 0.15) is 5.76 Å². The lowest BCUT2D eigenvalue weighted by atomic mass is 10.1. The van der Waals surface area contributed by atoms with Crippen LogP contribution in [0.25, 0.3) is 0 Å². The molecule has 0 aromatic carbocycles. The molecule has 1 amide bonds. The van der Waals surface area contributed by atoms with Gasteiger partial charge in [-0.1, -0.05) is 6.08 Å². The summed E-state index contributed by atoms with van der Waals surface area (Å²) in [5.74, 6) is 1.57. The molecular formula is C14H19NO2. The van der Waals surface area contributed by atoms with E-state index in [1.165, 1.54) is 0 Å². The van der Waals surface area contributed by atoms with Crippen molar-refractivity contribution in [3.8, 4) is 0 Å². The molecule has 1 fully saturated rings. The summed E-state index contributed by atoms with van der Waals surface area (Å²) >= 11 is 0. The number of rotatable bonds is 5. The molecule has 3 heteroatoms. The molecule has 1 aromatic heterocycles. The van der Waals surface area contributed by atoms with Crippen molar-refractivity contribution in [2.45, 2.75) is 32.2 Å². The predicted molar refractivity (Wildman–Crippen MR) is 66.5 cm³/mol. The molecule has 2 rings (SSSR count). The van der Waals surface area contributed by atoms with Gasteiger partial charge in [0.25, 0.3) is 0 Å². The summed E-state index contributed by atoms with van der Waals surface area (Å²) in [6, 6.07) is 4.15. The lowest BCUT2D eigenvalue weighted by molar-refractivity contribution is -0.129. The molecule has 1 aromatic rings. The molecule has 0 radical (unpaired) electrons. The van der Waals surface area contributed by atoms with Crippen molar-refractivity contribution < 1.29 is 9.21 Å². The molecule has 3 nitrogen and oxygen atoms in total. The van der Waals surface area contributed by atoms with Gasteiger partial charge < -0.3 is 9.32 Å². The first kappa shape index (κ1) is 12.0. The van der Waals surface area contributed by atoms with Crippen LogP contribution in [0.3, 0.4) is 0 Å². The Morgan fingerprint density at radius 2 is 2.53 bits per heavy atom. The maximum absolute atomic E-state index is 11.8. The van der Waals surface area contributed by atoms with E-state index in [1.54, 1.807) is 6.26 Å². The molecular weight excluding hydrogens is 214 g/mol. The van der Waals surface area contributed by atoms with Crippen molar-refractivity contribution >= 4 is 5.91 Å². The minimum atomic E-state index is 0.252. The highest BCUT2D eigenvalue weighted by atomic mass is 16.3. The van der Waals surface area contributed by atoms with Crippen LogP contribution in [0, 0.1) is 5.92 Å². The van der Waals surface area contributed by atoms with Crippen molar-refractivity contribution in [1.29, 1.82) is 0 Å². The molecule has 1 aliphatic rings. The Morgan fingerprint density at radius 3 is 3.12 bits per heavy atom. The lowest BCUT2D eigenvalue weighted by Crippen LogP contribution is -2.34. The molecule has 1 saturated heterocycles. The average Bonchev–Trinajstić information content (AvgIpc) is 2.94. The number of aryl methyl sites for hydroxylation is 1. The third-order valence-corrected chi connectivity index (χ3v) is 3.44. The molecule has 0 saturated carbocycles. The van der Waals surface area contributed by atoms with E-state index >= 15 is 0 Å². The molecule has 1 aliphatic heterocycles. The molecule has 92 valence electrons. The van der Waals surface area contributed by atoms with E-state index < -0.39 is 0 Å². The molecule has 2 heterocycles. The van der Waals surface area contributed by atoms with Gasteiger partial charge in [-0.3, -0.25) is 4.79 Å². The van der Waals surface area contributed by atoms with Crippen molar-refractivity contribution in [3.05, 3.63) is 36.8 Å². The largest absolute Gasteiger partial charge is 0.469 e. The van der Waals surface area contributed by atoms with Crippen molar-refractivity contribution in [3.63, 3.8) is 0 Å². The molecule has 0 aliphatic carbocycles. The summed E-state index contributed by atoms with van der Waals surface area (Å²) in [6.45, 7) is 6.69. The highest BCUT2D eigenvalue weighted by Gasteiger charge is 2.30. The number of carbonyl (C=O) groups excluding carboxylic acids is 1. The number of amides is 1. The summed E-state index contributed by atoms with van der Waals surface area (Å²) in [4.78, 5) is 13.8. The topological polar surface area (TPSA) is 33.5 Å². The Morgan fingerprint density at radius 1 is 1.71 bits per heavy atom. The second-order valence-electron chi connectivity index (χ2n) is 4.71. The maximum atomic E-state index is 11.8. The fourth-order valence-electron chi connectivity index (χ4n) is 2.31. The van der Waals surface area contributed by atoms with Crippen LogP contribution in [0.15, 0.2) is 35.5 Å². The number of likely N-dealkylation sites (tertiary alicyclic amines) is 1. The van der Waals surface area contributed by atoms with Crippen LogP contribution in [-0.4, -0.2) is 23.4 Å². The highest BCUT2D eigenvalue weighted by Crippen LogP contribution is 2.22. The summed E-state index contributed by atoms with van der Waals surface area (Å²) in [7, 11) is 0. The van der Waals surface area contributed by atoms with Gasteiger partial charge in [0, 0.05) is 31.3 Å². The Labute approximate surface area is 102 Å². The predicted octanol–water partition coefficient (Wildman–Crippen LogP) is 2.64. The standard InChI is InChI=1S/C14H19NO2/c1-3-12-9-14(16)15(10-12)11(2)6-7-13-5-4-8-17-13/h3-5,8,11-12H,1,6-7,9-10H2,2H3.